The molecule has 12 N–H and O–H groups in total. The summed E-state index contributed by atoms with van der Waals surface area (Å²) in [5, 5.41) is 105. The van der Waals surface area contributed by atoms with Gasteiger partial charge in [0.15, 0.2) is 62.6 Å². The van der Waals surface area contributed by atoms with Gasteiger partial charge in [0.2, 0.25) is 20.8 Å². The zero-order valence-corrected chi connectivity index (χ0v) is 43.9. The smallest absolute Gasteiger partial charge is 0.217 e. The fraction of sp³-hybridized carbons (Fsp3) is 1.00. The monoisotopic (exact) mass is 1220 g/mol. The van der Waals surface area contributed by atoms with Crippen LogP contribution in [0.2, 0.25) is 0 Å². The predicted molar refractivity (Wildman–Crippen MR) is 226 cm³/mol. The molecule has 5 heterocycles. The Morgan fingerprint density at radius 1 is 0.447 bits per heavy atom. The molecule has 25 atom stereocenters. The van der Waals surface area contributed by atoms with Gasteiger partial charge < -0.3 is 115 Å². The number of rotatable bonds is 20. The largest absolute Gasteiger partial charge is 0.726 e. The third kappa shape index (κ3) is 20.6. The molecule has 0 aromatic rings. The summed E-state index contributed by atoms with van der Waals surface area (Å²) in [6.45, 7) is 3.67. The van der Waals surface area contributed by atoms with Crippen molar-refractivity contribution in [3.63, 3.8) is 0 Å². The standard InChI is InChI=1S/C19H36N2O19S.C14H27NO13S.3OS/c1-5-9(20)17(38-40-27)16(8(33-5)3-31-39-26)37-19-14(25)13(24)15(6(2)34-19)36-18-10(21)12(23)11(22)7(35-18)4-32-41(28,29)30;1-5-8(15)9(16)12(7(24-5)4-23-29(19,20)21)26-14-13(27-28-18)10(17)11(22-3)6(2)25-14;3*1-2/h5-19,22-27H,3-4,20-21H2,1-2H3,(H,28,29,30);5-14,16-18H,4,15H2,1-3H3,(H,19,20,21);;;/p-5/t5-,6?,7?,8?,9?,10?,11+,12+,13+,14?,15+,16+,17+,18-,19-;5-,6?,7?,8?,9-,10-,11-,12-,13?,14+;;;/m01.../s1. The van der Waals surface area contributed by atoms with Crippen molar-refractivity contribution < 1.29 is 166 Å². The summed E-state index contributed by atoms with van der Waals surface area (Å²) in [6.07, 6.45) is -30.1. The Balaban J connectivity index is 0.000000725. The first-order valence-corrected chi connectivity index (χ1v) is 25.0. The van der Waals surface area contributed by atoms with Crippen molar-refractivity contribution in [2.75, 3.05) is 26.9 Å². The second-order valence-electron chi connectivity index (χ2n) is 16.4. The van der Waals surface area contributed by atoms with Crippen LogP contribution in [0.1, 0.15) is 27.7 Å². The van der Waals surface area contributed by atoms with Crippen LogP contribution in [0, 0.1) is 0 Å². The molecule has 5 aliphatic rings. The summed E-state index contributed by atoms with van der Waals surface area (Å²) >= 11 is 8.50. The number of methoxy groups -OCH3 is 1. The van der Waals surface area contributed by atoms with E-state index in [1.807, 2.05) is 0 Å². The fourth-order valence-corrected chi connectivity index (χ4v) is 8.63. The summed E-state index contributed by atoms with van der Waals surface area (Å²) in [7, 11) is -8.92. The second kappa shape index (κ2) is 34.9. The van der Waals surface area contributed by atoms with Crippen LogP contribution in [0.15, 0.2) is 0 Å². The Hall–Kier alpha value is -1.28. The second-order valence-corrected chi connectivity index (χ2v) is 18.5. The molecule has 10 unspecified atom stereocenters. The molecule has 0 aromatic heterocycles. The van der Waals surface area contributed by atoms with Crippen molar-refractivity contribution in [2.45, 2.75) is 181 Å². The molecular formula is C33H58N3O35S5-5. The molecule has 0 aromatic carbocycles. The van der Waals surface area contributed by atoms with Crippen LogP contribution < -0.4 is 33.0 Å². The van der Waals surface area contributed by atoms with Gasteiger partial charge in [0, 0.05) is 7.11 Å². The van der Waals surface area contributed by atoms with Crippen LogP contribution in [0.3, 0.4) is 0 Å². The van der Waals surface area contributed by atoms with Gasteiger partial charge in [-0.1, -0.05) is 0 Å². The topological polar surface area (TPSA) is 591 Å². The summed E-state index contributed by atoms with van der Waals surface area (Å²) in [5.41, 5.74) is 17.7. The summed E-state index contributed by atoms with van der Waals surface area (Å²) in [6, 6.07) is -3.42. The van der Waals surface area contributed by atoms with Crippen LogP contribution in [-0.2, 0) is 139 Å². The maximum Gasteiger partial charge on any atom is 0.217 e. The summed E-state index contributed by atoms with van der Waals surface area (Å²) in [5.74, 6) is 0. The van der Waals surface area contributed by atoms with E-state index in [0.29, 0.717) is 0 Å². The van der Waals surface area contributed by atoms with Gasteiger partial charge in [-0.25, -0.2) is 31.5 Å². The highest BCUT2D eigenvalue weighted by Crippen LogP contribution is 2.34. The minimum Gasteiger partial charge on any atom is -0.726 e. The van der Waals surface area contributed by atoms with Gasteiger partial charge in [-0.2, -0.15) is 12.6 Å². The number of hydrogen-bond acceptors (Lipinski definition) is 41. The normalized spacial score (nSPS) is 41.8. The molecule has 0 bridgehead atoms. The van der Waals surface area contributed by atoms with Crippen LogP contribution >= 0.6 is 0 Å². The van der Waals surface area contributed by atoms with Gasteiger partial charge in [-0.15, -0.1) is 0 Å². The van der Waals surface area contributed by atoms with Gasteiger partial charge in [0.1, 0.15) is 92.1 Å². The number of nitrogens with two attached hydrogens (primary N) is 3. The van der Waals surface area contributed by atoms with E-state index in [9.17, 15) is 72.4 Å². The molecule has 5 rings (SSSR count). The Morgan fingerprint density at radius 3 is 1.42 bits per heavy atom. The molecule has 76 heavy (non-hydrogen) atoms. The highest BCUT2D eigenvalue weighted by molar-refractivity contribution is 7.81. The maximum absolute atomic E-state index is 10.9. The Bertz CT molecular complexity index is 1850. The first-order chi connectivity index (χ1) is 35.7. The van der Waals surface area contributed by atoms with Crippen molar-refractivity contribution in [1.82, 2.24) is 0 Å². The van der Waals surface area contributed by atoms with Crippen molar-refractivity contribution in [2.24, 2.45) is 17.2 Å². The van der Waals surface area contributed by atoms with Crippen LogP contribution in [0.25, 0.3) is 0 Å². The molecule has 5 aliphatic heterocycles. The van der Waals surface area contributed by atoms with E-state index < -0.39 is 194 Å². The Kier molecular flexibility index (Phi) is 33.4. The lowest BCUT2D eigenvalue weighted by Gasteiger charge is -2.48. The van der Waals surface area contributed by atoms with Gasteiger partial charge in [0.25, 0.3) is 0 Å². The van der Waals surface area contributed by atoms with E-state index in [0.717, 1.165) is 0 Å². The lowest BCUT2D eigenvalue weighted by atomic mass is 9.93. The molecular weight excluding hydrogens is 1160 g/mol. The third-order valence-electron chi connectivity index (χ3n) is 11.8. The molecule has 5 fully saturated rings. The van der Waals surface area contributed by atoms with E-state index in [1.165, 1.54) is 27.9 Å². The van der Waals surface area contributed by atoms with E-state index >= 15 is 0 Å². The zero-order valence-electron chi connectivity index (χ0n) is 39.9. The van der Waals surface area contributed by atoms with Gasteiger partial charge in [0.05, 0.1) is 55.8 Å². The SMILES string of the molecule is CC1O[C@@H](O[C@@H]2C(COO[O-])O[C@@H](C)C(N)[C@H]2OO[O-])C(O)[C@@H](O)[C@@H]1O[C@@H]1OC(COS(=O)(=O)[O-])[C@@H](O)[C@H](O)C1N.CO[C@@H]1C(C)O[C@@H](O[C@@H]2C(COS(=O)(=O)[O-])O[C@H](C)C(N)[C@H]2O)C(OO[O-])[C@@H]1O.O=S.O=S.O=S. The molecule has 0 amide bonds. The highest BCUT2D eigenvalue weighted by Gasteiger charge is 2.54. The molecule has 450 valence electrons. The highest BCUT2D eigenvalue weighted by atomic mass is 32.3. The van der Waals surface area contributed by atoms with Crippen molar-refractivity contribution in [3.05, 3.63) is 0 Å². The summed E-state index contributed by atoms with van der Waals surface area (Å²) < 4.78 is 146. The minimum absolute atomic E-state index is 0.541. The van der Waals surface area contributed by atoms with E-state index in [2.05, 4.69) is 70.9 Å². The van der Waals surface area contributed by atoms with Gasteiger partial charge >= 0.3 is 0 Å². The van der Waals surface area contributed by atoms with Gasteiger partial charge in [-0.05, 0) is 27.7 Å². The van der Waals surface area contributed by atoms with E-state index in [1.54, 1.807) is 6.92 Å². The van der Waals surface area contributed by atoms with Crippen LogP contribution in [0.4, 0.5) is 0 Å². The van der Waals surface area contributed by atoms with Crippen LogP contribution in [0.5, 0.6) is 0 Å². The number of hydrogen-bond donors (Lipinski definition) is 9. The van der Waals surface area contributed by atoms with Crippen molar-refractivity contribution in [3.8, 4) is 0 Å². The number of aliphatic hydroxyl groups excluding tert-OH is 6. The van der Waals surface area contributed by atoms with E-state index in [-0.39, 0.29) is 0 Å². The fourth-order valence-electron chi connectivity index (χ4n) is 8.03. The molecule has 38 nitrogen and oxygen atoms in total. The van der Waals surface area contributed by atoms with E-state index in [4.69, 9.17) is 77.3 Å². The van der Waals surface area contributed by atoms with Crippen LogP contribution in [-0.4, -0.2) is 249 Å². The molecule has 5 saturated heterocycles. The maximum atomic E-state index is 10.9. The third-order valence-corrected chi connectivity index (χ3v) is 12.6. The minimum atomic E-state index is -5.17. The first-order valence-electron chi connectivity index (χ1n) is 21.3. The average molecular weight is 1220 g/mol. The Morgan fingerprint density at radius 2 is 0.908 bits per heavy atom. The molecule has 43 heteroatoms. The Labute approximate surface area is 447 Å². The average Bonchev–Trinajstić information content (AvgIpc) is 3.37. The molecule has 0 spiro atoms. The van der Waals surface area contributed by atoms with Gasteiger partial charge in [-0.3, -0.25) is 23.5 Å². The molecule has 0 radical (unpaired) electrons. The quantitative estimate of drug-likeness (QED) is 0.0237. The number of ether oxygens (including phenoxy) is 9. The summed E-state index contributed by atoms with van der Waals surface area (Å²) in [4.78, 5) is 13.6. The van der Waals surface area contributed by atoms with Crippen molar-refractivity contribution >= 4 is 58.4 Å². The predicted octanol–water partition coefficient (Wildman–Crippen LogP) is -12.6. The lowest BCUT2D eigenvalue weighted by molar-refractivity contribution is -0.809. The first kappa shape index (κ1) is 72.7. The zero-order chi connectivity index (χ0) is 58.6. The lowest BCUT2D eigenvalue weighted by Crippen LogP contribution is -2.67. The van der Waals surface area contributed by atoms with Crippen molar-refractivity contribution in [1.29, 1.82) is 0 Å². The molecule has 0 aliphatic carbocycles. The number of aliphatic hydroxyl groups is 6. The molecule has 0 saturated carbocycles.